The van der Waals surface area contributed by atoms with E-state index in [0.29, 0.717) is 32.8 Å². The van der Waals surface area contributed by atoms with E-state index in [-0.39, 0.29) is 11.5 Å². The number of thiocarbonyl (C=S) groups is 1. The molecule has 3 rings (SSSR count). The lowest BCUT2D eigenvalue weighted by molar-refractivity contribution is -0.122. The molecule has 0 bridgehead atoms. The number of pyridine rings is 1. The molecule has 8 heteroatoms. The Hall–Kier alpha value is -2.19. The molecule has 30 heavy (non-hydrogen) atoms. The molecular weight excluding hydrogens is 416 g/mol. The van der Waals surface area contributed by atoms with Crippen LogP contribution in [-0.2, 0) is 4.79 Å². The Morgan fingerprint density at radius 3 is 2.67 bits per heavy atom. The topological polar surface area (TPSA) is 66.7 Å². The van der Waals surface area contributed by atoms with Gasteiger partial charge < -0.3 is 5.32 Å². The van der Waals surface area contributed by atoms with Crippen LogP contribution < -0.4 is 10.9 Å². The average molecular weight is 445 g/mol. The number of aromatic nitrogens is 2. The molecule has 0 spiro atoms. The quantitative estimate of drug-likeness (QED) is 0.326. The summed E-state index contributed by atoms with van der Waals surface area (Å²) in [6.07, 6.45) is 9.60. The van der Waals surface area contributed by atoms with Crippen LogP contribution in [0, 0.1) is 0 Å². The molecule has 1 saturated heterocycles. The zero-order valence-electron chi connectivity index (χ0n) is 17.5. The van der Waals surface area contributed by atoms with Crippen LogP contribution in [-0.4, -0.2) is 37.6 Å². The Balaban J connectivity index is 1.95. The van der Waals surface area contributed by atoms with Crippen molar-refractivity contribution >= 4 is 51.7 Å². The molecule has 1 aliphatic rings. The predicted octanol–water partition coefficient (Wildman–Crippen LogP) is 4.69. The Morgan fingerprint density at radius 2 is 1.90 bits per heavy atom. The maximum Gasteiger partial charge on any atom is 0.267 e. The molecular formula is C22H28N4O2S2. The number of carbonyl (C=O) groups excluding carboxylic acids is 1. The minimum Gasteiger partial charge on any atom is -0.369 e. The molecule has 0 aromatic carbocycles. The van der Waals surface area contributed by atoms with Crippen molar-refractivity contribution in [2.45, 2.75) is 52.4 Å². The molecule has 0 saturated carbocycles. The van der Waals surface area contributed by atoms with E-state index in [1.54, 1.807) is 29.3 Å². The Kier molecular flexibility index (Phi) is 8.04. The third kappa shape index (κ3) is 5.10. The minimum atomic E-state index is -0.199. The van der Waals surface area contributed by atoms with Crippen molar-refractivity contribution in [2.75, 3.05) is 18.4 Å². The molecule has 160 valence electrons. The van der Waals surface area contributed by atoms with E-state index in [4.69, 9.17) is 12.2 Å². The van der Waals surface area contributed by atoms with E-state index in [0.717, 1.165) is 45.1 Å². The highest BCUT2D eigenvalue weighted by Crippen LogP contribution is 2.33. The van der Waals surface area contributed by atoms with Gasteiger partial charge in [-0.05, 0) is 31.1 Å². The van der Waals surface area contributed by atoms with E-state index in [1.165, 1.54) is 16.2 Å². The number of unbranched alkanes of at least 4 members (excludes halogenated alkanes) is 4. The average Bonchev–Trinajstić information content (AvgIpc) is 3.01. The van der Waals surface area contributed by atoms with E-state index >= 15 is 0 Å². The van der Waals surface area contributed by atoms with Gasteiger partial charge in [0.2, 0.25) is 0 Å². The van der Waals surface area contributed by atoms with Gasteiger partial charge in [0.1, 0.15) is 15.8 Å². The smallest absolute Gasteiger partial charge is 0.267 e. The van der Waals surface area contributed by atoms with E-state index in [9.17, 15) is 9.59 Å². The molecule has 1 N–H and O–H groups in total. The van der Waals surface area contributed by atoms with Gasteiger partial charge in [-0.2, -0.15) is 0 Å². The maximum absolute atomic E-state index is 13.2. The van der Waals surface area contributed by atoms with Crippen LogP contribution in [0.25, 0.3) is 11.7 Å². The van der Waals surface area contributed by atoms with Gasteiger partial charge in [-0.25, -0.2) is 4.98 Å². The summed E-state index contributed by atoms with van der Waals surface area (Å²) in [6.45, 7) is 5.61. The van der Waals surface area contributed by atoms with Gasteiger partial charge >= 0.3 is 0 Å². The fourth-order valence-corrected chi connectivity index (χ4v) is 4.58. The van der Waals surface area contributed by atoms with E-state index in [2.05, 4.69) is 24.1 Å². The highest BCUT2D eigenvalue weighted by Gasteiger charge is 2.32. The SMILES string of the molecule is CCCCCNc1nc2ccccn2c(=O)c1C=C1SC(=S)N(CCCCC)C1=O. The summed E-state index contributed by atoms with van der Waals surface area (Å²) in [5, 5.41) is 3.30. The van der Waals surface area contributed by atoms with Crippen LogP contribution in [0.3, 0.4) is 0 Å². The fourth-order valence-electron chi connectivity index (χ4n) is 3.29. The number of amides is 1. The maximum atomic E-state index is 13.2. The second-order valence-corrected chi connectivity index (χ2v) is 8.96. The van der Waals surface area contributed by atoms with Gasteiger partial charge in [0.05, 0.1) is 10.5 Å². The molecule has 0 unspecified atom stereocenters. The van der Waals surface area contributed by atoms with Crippen molar-refractivity contribution in [3.63, 3.8) is 0 Å². The largest absolute Gasteiger partial charge is 0.369 e. The lowest BCUT2D eigenvalue weighted by Crippen LogP contribution is -2.29. The molecule has 1 amide bonds. The van der Waals surface area contributed by atoms with Crippen molar-refractivity contribution in [1.29, 1.82) is 0 Å². The summed E-state index contributed by atoms with van der Waals surface area (Å²) in [6, 6.07) is 5.45. The molecule has 0 aliphatic carbocycles. The van der Waals surface area contributed by atoms with E-state index < -0.39 is 0 Å². The first-order valence-corrected chi connectivity index (χ1v) is 11.8. The molecule has 2 aromatic heterocycles. The third-order valence-electron chi connectivity index (χ3n) is 4.98. The Labute approximate surface area is 186 Å². The molecule has 2 aromatic rings. The summed E-state index contributed by atoms with van der Waals surface area (Å²) in [4.78, 5) is 32.8. The molecule has 3 heterocycles. The highest BCUT2D eigenvalue weighted by molar-refractivity contribution is 8.26. The van der Waals surface area contributed by atoms with Gasteiger partial charge in [-0.15, -0.1) is 0 Å². The molecule has 0 radical (unpaired) electrons. The summed E-state index contributed by atoms with van der Waals surface area (Å²) < 4.78 is 2.05. The number of hydrogen-bond donors (Lipinski definition) is 1. The normalized spacial score (nSPS) is 15.5. The van der Waals surface area contributed by atoms with Crippen molar-refractivity contribution < 1.29 is 4.79 Å². The number of anilines is 1. The Morgan fingerprint density at radius 1 is 1.13 bits per heavy atom. The van der Waals surface area contributed by atoms with Crippen molar-refractivity contribution in [3.8, 4) is 0 Å². The third-order valence-corrected chi connectivity index (χ3v) is 6.35. The number of fused-ring (bicyclic) bond motifs is 1. The molecule has 6 nitrogen and oxygen atoms in total. The van der Waals surface area contributed by atoms with Gasteiger partial charge in [0.15, 0.2) is 0 Å². The van der Waals surface area contributed by atoms with Crippen molar-refractivity contribution in [3.05, 3.63) is 45.2 Å². The zero-order chi connectivity index (χ0) is 21.5. The van der Waals surface area contributed by atoms with Crippen molar-refractivity contribution in [1.82, 2.24) is 14.3 Å². The van der Waals surface area contributed by atoms with Crippen molar-refractivity contribution in [2.24, 2.45) is 0 Å². The predicted molar refractivity (Wildman–Crippen MR) is 129 cm³/mol. The number of nitrogens with zero attached hydrogens (tertiary/aromatic N) is 3. The van der Waals surface area contributed by atoms with Crippen LogP contribution in [0.4, 0.5) is 5.82 Å². The second kappa shape index (κ2) is 10.7. The van der Waals surface area contributed by atoms with Gasteiger partial charge in [-0.3, -0.25) is 18.9 Å². The molecule has 0 atom stereocenters. The minimum absolute atomic E-state index is 0.129. The molecule has 1 aliphatic heterocycles. The fraction of sp³-hybridized carbons (Fsp3) is 0.455. The zero-order valence-corrected chi connectivity index (χ0v) is 19.2. The summed E-state index contributed by atoms with van der Waals surface area (Å²) >= 11 is 6.67. The van der Waals surface area contributed by atoms with Crippen LogP contribution in [0.2, 0.25) is 0 Å². The van der Waals surface area contributed by atoms with Crippen LogP contribution in [0.15, 0.2) is 34.1 Å². The van der Waals surface area contributed by atoms with Crippen LogP contribution in [0.1, 0.15) is 57.9 Å². The number of carbonyl (C=O) groups is 1. The first-order valence-electron chi connectivity index (χ1n) is 10.6. The van der Waals surface area contributed by atoms with Gasteiger partial charge in [-0.1, -0.05) is 69.6 Å². The monoisotopic (exact) mass is 444 g/mol. The standard InChI is InChI=1S/C22H28N4O2S2/c1-3-5-8-12-23-19-16(20(27)25-13-10-7-11-18(25)24-19)15-17-21(28)26(22(29)30-17)14-9-6-4-2/h7,10-11,13,15,23H,3-6,8-9,12,14H2,1-2H3. The molecule has 1 fully saturated rings. The highest BCUT2D eigenvalue weighted by atomic mass is 32.2. The summed E-state index contributed by atoms with van der Waals surface area (Å²) in [5.74, 6) is 0.383. The number of thioether (sulfide) groups is 1. The Bertz CT molecular complexity index is 1020. The second-order valence-electron chi connectivity index (χ2n) is 7.28. The number of rotatable bonds is 10. The summed E-state index contributed by atoms with van der Waals surface area (Å²) in [5.41, 5.74) is 0.767. The first-order chi connectivity index (χ1) is 14.6. The van der Waals surface area contributed by atoms with Crippen LogP contribution in [0.5, 0.6) is 0 Å². The lowest BCUT2D eigenvalue weighted by atomic mass is 10.2. The number of hydrogen-bond acceptors (Lipinski definition) is 6. The van der Waals surface area contributed by atoms with Gasteiger partial charge in [0.25, 0.3) is 11.5 Å². The summed E-state index contributed by atoms with van der Waals surface area (Å²) in [7, 11) is 0. The van der Waals surface area contributed by atoms with Crippen LogP contribution >= 0.6 is 24.0 Å². The number of nitrogens with one attached hydrogen (secondary N) is 1. The lowest BCUT2D eigenvalue weighted by Gasteiger charge is -2.13. The van der Waals surface area contributed by atoms with Gasteiger partial charge in [0, 0.05) is 19.3 Å². The van der Waals surface area contributed by atoms with E-state index in [1.807, 2.05) is 6.07 Å². The first kappa shape index (κ1) is 22.5.